The predicted octanol–water partition coefficient (Wildman–Crippen LogP) is 3.18. The maximum Gasteiger partial charge on any atom is 0.319 e. The Bertz CT molecular complexity index is 920. The number of aromatic nitrogens is 2. The summed E-state index contributed by atoms with van der Waals surface area (Å²) >= 11 is 0. The lowest BCUT2D eigenvalue weighted by Gasteiger charge is -2.13. The van der Waals surface area contributed by atoms with Crippen LogP contribution in [0.3, 0.4) is 0 Å². The highest BCUT2D eigenvalue weighted by Crippen LogP contribution is 2.28. The minimum atomic E-state index is -0.296. The number of urea groups is 1. The molecule has 7 heteroatoms. The average Bonchev–Trinajstić information content (AvgIpc) is 2.97. The van der Waals surface area contributed by atoms with Gasteiger partial charge in [0.05, 0.1) is 30.9 Å². The molecule has 0 aliphatic rings. The molecule has 136 valence electrons. The number of hydrogen-bond donors (Lipinski definition) is 2. The molecule has 0 atom stereocenters. The summed E-state index contributed by atoms with van der Waals surface area (Å²) in [4.78, 5) is 16.7. The number of benzene rings is 2. The Balaban J connectivity index is 1.60. The molecule has 0 bridgehead atoms. The summed E-state index contributed by atoms with van der Waals surface area (Å²) in [7, 11) is 3.13. The van der Waals surface area contributed by atoms with E-state index in [1.807, 2.05) is 31.2 Å². The molecule has 2 N–H and O–H groups in total. The molecule has 7 nitrogen and oxygen atoms in total. The normalized spacial score (nSPS) is 10.6. The highest BCUT2D eigenvalue weighted by atomic mass is 16.5. The van der Waals surface area contributed by atoms with Gasteiger partial charge in [-0.3, -0.25) is 0 Å². The van der Waals surface area contributed by atoms with Crippen LogP contribution in [0.4, 0.5) is 10.5 Å². The third-order valence-electron chi connectivity index (χ3n) is 4.12. The molecule has 1 heterocycles. The molecule has 0 fully saturated rings. The summed E-state index contributed by atoms with van der Waals surface area (Å²) in [5, 5.41) is 5.64. The molecule has 3 rings (SSSR count). The second-order valence-corrected chi connectivity index (χ2v) is 5.75. The van der Waals surface area contributed by atoms with Gasteiger partial charge in [-0.1, -0.05) is 12.1 Å². The highest BCUT2D eigenvalue weighted by molar-refractivity contribution is 5.91. The van der Waals surface area contributed by atoms with Crippen molar-refractivity contribution in [2.45, 2.75) is 13.5 Å². The number of aryl methyl sites for hydroxylation is 1. The molecular formula is C19H22N4O3. The lowest BCUT2D eigenvalue weighted by molar-refractivity contribution is 0.251. The molecule has 2 amide bonds. The maximum absolute atomic E-state index is 12.2. The Hall–Kier alpha value is -3.22. The van der Waals surface area contributed by atoms with E-state index in [1.165, 1.54) is 0 Å². The number of fused-ring (bicyclic) bond motifs is 1. The molecule has 0 aliphatic carbocycles. The minimum Gasteiger partial charge on any atom is -0.497 e. The van der Waals surface area contributed by atoms with Crippen LogP contribution in [-0.2, 0) is 6.54 Å². The Morgan fingerprint density at radius 1 is 1.15 bits per heavy atom. The maximum atomic E-state index is 12.2. The first-order valence-corrected chi connectivity index (χ1v) is 8.31. The standard InChI is InChI=1S/C19H22N4O3/c1-13-21-15-6-4-5-7-17(15)23(13)11-10-20-19(24)22-16-9-8-14(25-2)12-18(16)26-3/h4-9,12H,10-11H2,1-3H3,(H2,20,22,24). The lowest BCUT2D eigenvalue weighted by atomic mass is 10.2. The molecule has 2 aromatic carbocycles. The summed E-state index contributed by atoms with van der Waals surface area (Å²) in [6.07, 6.45) is 0. The number of nitrogens with zero attached hydrogens (tertiary/aromatic N) is 2. The van der Waals surface area contributed by atoms with Gasteiger partial charge >= 0.3 is 6.03 Å². The SMILES string of the molecule is COc1ccc(NC(=O)NCCn2c(C)nc3ccccc32)c(OC)c1. The summed E-state index contributed by atoms with van der Waals surface area (Å²) in [5.74, 6) is 2.12. The number of carbonyl (C=O) groups excluding carboxylic acids is 1. The van der Waals surface area contributed by atoms with Crippen LogP contribution in [0.2, 0.25) is 0 Å². The Labute approximate surface area is 151 Å². The predicted molar refractivity (Wildman–Crippen MR) is 101 cm³/mol. The van der Waals surface area contributed by atoms with Gasteiger partial charge in [0.2, 0.25) is 0 Å². The summed E-state index contributed by atoms with van der Waals surface area (Å²) in [5.41, 5.74) is 2.59. The van der Waals surface area contributed by atoms with E-state index in [2.05, 4.69) is 20.2 Å². The molecule has 0 aliphatic heterocycles. The number of para-hydroxylation sites is 2. The fraction of sp³-hybridized carbons (Fsp3) is 0.263. The molecule has 26 heavy (non-hydrogen) atoms. The van der Waals surface area contributed by atoms with E-state index in [1.54, 1.807) is 32.4 Å². The van der Waals surface area contributed by atoms with Gasteiger partial charge in [0, 0.05) is 19.2 Å². The number of imidazole rings is 1. The third-order valence-corrected chi connectivity index (χ3v) is 4.12. The summed E-state index contributed by atoms with van der Waals surface area (Å²) in [6.45, 7) is 3.08. The van der Waals surface area contributed by atoms with Crippen LogP contribution in [-0.4, -0.2) is 36.3 Å². The zero-order valence-corrected chi connectivity index (χ0v) is 15.1. The van der Waals surface area contributed by atoms with Gasteiger partial charge < -0.3 is 24.7 Å². The zero-order valence-electron chi connectivity index (χ0n) is 15.1. The number of ether oxygens (including phenoxy) is 2. The molecule has 0 unspecified atom stereocenters. The molecule has 0 spiro atoms. The van der Waals surface area contributed by atoms with E-state index in [0.717, 1.165) is 16.9 Å². The number of nitrogens with one attached hydrogen (secondary N) is 2. The van der Waals surface area contributed by atoms with Crippen molar-refractivity contribution >= 4 is 22.8 Å². The van der Waals surface area contributed by atoms with E-state index in [0.29, 0.717) is 30.3 Å². The molecule has 0 radical (unpaired) electrons. The highest BCUT2D eigenvalue weighted by Gasteiger charge is 2.10. The van der Waals surface area contributed by atoms with Crippen LogP contribution in [0.15, 0.2) is 42.5 Å². The number of methoxy groups -OCH3 is 2. The second-order valence-electron chi connectivity index (χ2n) is 5.75. The largest absolute Gasteiger partial charge is 0.497 e. The van der Waals surface area contributed by atoms with Crippen molar-refractivity contribution in [3.8, 4) is 11.5 Å². The molecule has 0 saturated heterocycles. The fourth-order valence-electron chi connectivity index (χ4n) is 2.83. The van der Waals surface area contributed by atoms with Crippen molar-refractivity contribution in [1.82, 2.24) is 14.9 Å². The second kappa shape index (κ2) is 7.77. The van der Waals surface area contributed by atoms with Gasteiger partial charge in [0.1, 0.15) is 17.3 Å². The molecule has 0 saturated carbocycles. The van der Waals surface area contributed by atoms with Crippen LogP contribution < -0.4 is 20.1 Å². The first-order valence-electron chi connectivity index (χ1n) is 8.31. The van der Waals surface area contributed by atoms with E-state index < -0.39 is 0 Å². The molecule has 1 aromatic heterocycles. The van der Waals surface area contributed by atoms with E-state index in [9.17, 15) is 4.79 Å². The number of hydrogen-bond acceptors (Lipinski definition) is 4. The van der Waals surface area contributed by atoms with Gasteiger partial charge in [0.25, 0.3) is 0 Å². The number of amides is 2. The van der Waals surface area contributed by atoms with Gasteiger partial charge in [-0.05, 0) is 31.2 Å². The quantitative estimate of drug-likeness (QED) is 0.713. The van der Waals surface area contributed by atoms with Gasteiger partial charge in [0.15, 0.2) is 0 Å². The summed E-state index contributed by atoms with van der Waals surface area (Å²) in [6, 6.07) is 12.9. The van der Waals surface area contributed by atoms with Crippen LogP contribution >= 0.6 is 0 Å². The topological polar surface area (TPSA) is 77.4 Å². The Kier molecular flexibility index (Phi) is 5.26. The smallest absolute Gasteiger partial charge is 0.319 e. The van der Waals surface area contributed by atoms with Crippen LogP contribution in [0.5, 0.6) is 11.5 Å². The molecule has 3 aromatic rings. The summed E-state index contributed by atoms with van der Waals surface area (Å²) < 4.78 is 12.5. The van der Waals surface area contributed by atoms with Crippen molar-refractivity contribution in [3.05, 3.63) is 48.3 Å². The minimum absolute atomic E-state index is 0.296. The van der Waals surface area contributed by atoms with E-state index in [4.69, 9.17) is 9.47 Å². The van der Waals surface area contributed by atoms with Crippen LogP contribution in [0.1, 0.15) is 5.82 Å². The van der Waals surface area contributed by atoms with Crippen molar-refractivity contribution < 1.29 is 14.3 Å². The van der Waals surface area contributed by atoms with Crippen molar-refractivity contribution in [2.24, 2.45) is 0 Å². The van der Waals surface area contributed by atoms with Crippen LogP contribution in [0.25, 0.3) is 11.0 Å². The monoisotopic (exact) mass is 354 g/mol. The lowest BCUT2D eigenvalue weighted by Crippen LogP contribution is -2.31. The van der Waals surface area contributed by atoms with Crippen LogP contribution in [0, 0.1) is 6.92 Å². The van der Waals surface area contributed by atoms with E-state index in [-0.39, 0.29) is 6.03 Å². The first-order chi connectivity index (χ1) is 12.6. The number of rotatable bonds is 6. The number of carbonyl (C=O) groups is 1. The van der Waals surface area contributed by atoms with Crippen molar-refractivity contribution in [1.29, 1.82) is 0 Å². The van der Waals surface area contributed by atoms with E-state index >= 15 is 0 Å². The van der Waals surface area contributed by atoms with Gasteiger partial charge in [-0.2, -0.15) is 0 Å². The number of anilines is 1. The average molecular weight is 354 g/mol. The Morgan fingerprint density at radius 3 is 2.73 bits per heavy atom. The van der Waals surface area contributed by atoms with Gasteiger partial charge in [-0.15, -0.1) is 0 Å². The fourth-order valence-corrected chi connectivity index (χ4v) is 2.83. The molecular weight excluding hydrogens is 332 g/mol. The van der Waals surface area contributed by atoms with Gasteiger partial charge in [-0.25, -0.2) is 9.78 Å². The zero-order chi connectivity index (χ0) is 18.5. The Morgan fingerprint density at radius 2 is 1.96 bits per heavy atom. The third kappa shape index (κ3) is 3.72. The van der Waals surface area contributed by atoms with Crippen molar-refractivity contribution in [2.75, 3.05) is 26.1 Å². The first kappa shape index (κ1) is 17.6. The van der Waals surface area contributed by atoms with Crippen molar-refractivity contribution in [3.63, 3.8) is 0 Å².